The Morgan fingerprint density at radius 3 is 1.85 bits per heavy atom. The molecule has 0 fully saturated rings. The van der Waals surface area contributed by atoms with E-state index in [1.54, 1.807) is 0 Å². The first-order chi connectivity index (χ1) is 11.5. The molecule has 0 radical (unpaired) electrons. The first kappa shape index (κ1) is 22.9. The van der Waals surface area contributed by atoms with Gasteiger partial charge in [0.25, 0.3) is 19.7 Å². The highest BCUT2D eigenvalue weighted by Crippen LogP contribution is 2.38. The molecule has 0 amide bonds. The van der Waals surface area contributed by atoms with Crippen LogP contribution in [-0.2, 0) is 19.7 Å². The molecule has 0 heterocycles. The molecule has 14 heteroatoms. The first-order valence-corrected chi connectivity index (χ1v) is 10.1. The standard InChI is InChI=1S/C12H8BrF7O4S2/c13-9-5-4-8(14)6-7(9)2-1-3-10(25(21,22)11(15,16)17)26(23,24)12(18,19)20/h1-2,4-6,10H,3H2/b2-1+. The van der Waals surface area contributed by atoms with E-state index in [9.17, 15) is 47.6 Å². The van der Waals surface area contributed by atoms with E-state index in [1.165, 1.54) is 6.07 Å². The van der Waals surface area contributed by atoms with Crippen LogP contribution in [-0.4, -0.2) is 32.4 Å². The topological polar surface area (TPSA) is 68.3 Å². The average molecular weight is 493 g/mol. The fourth-order valence-electron chi connectivity index (χ4n) is 1.67. The van der Waals surface area contributed by atoms with Gasteiger partial charge in [-0.1, -0.05) is 28.1 Å². The predicted molar refractivity (Wildman–Crippen MR) is 81.5 cm³/mol. The Hall–Kier alpha value is -1.15. The van der Waals surface area contributed by atoms with Gasteiger partial charge in [0.15, 0.2) is 4.58 Å². The molecule has 0 aliphatic heterocycles. The molecule has 0 bridgehead atoms. The molecule has 0 N–H and O–H groups in total. The number of hydrogen-bond donors (Lipinski definition) is 0. The number of hydrogen-bond acceptors (Lipinski definition) is 4. The minimum atomic E-state index is -6.70. The van der Waals surface area contributed by atoms with Crippen LogP contribution >= 0.6 is 15.9 Å². The van der Waals surface area contributed by atoms with Crippen LogP contribution in [0.25, 0.3) is 6.08 Å². The molecule has 0 saturated heterocycles. The SMILES string of the molecule is O=S(=O)(C(C/C=C/c1cc(F)ccc1Br)S(=O)(=O)C(F)(F)F)C(F)(F)F. The Morgan fingerprint density at radius 2 is 1.42 bits per heavy atom. The number of allylic oxidation sites excluding steroid dienone is 1. The second-order valence-electron chi connectivity index (χ2n) is 4.71. The van der Waals surface area contributed by atoms with Crippen molar-refractivity contribution in [3.8, 4) is 0 Å². The van der Waals surface area contributed by atoms with Crippen molar-refractivity contribution in [2.45, 2.75) is 22.0 Å². The maximum absolute atomic E-state index is 13.1. The van der Waals surface area contributed by atoms with E-state index in [-0.39, 0.29) is 10.0 Å². The Morgan fingerprint density at radius 1 is 0.962 bits per heavy atom. The second-order valence-corrected chi connectivity index (χ2v) is 10.1. The zero-order valence-electron chi connectivity index (χ0n) is 12.1. The van der Waals surface area contributed by atoms with Gasteiger partial charge >= 0.3 is 11.0 Å². The third kappa shape index (κ3) is 4.76. The summed E-state index contributed by atoms with van der Waals surface area (Å²) in [6.07, 6.45) is -0.388. The molecule has 1 rings (SSSR count). The number of rotatable bonds is 5. The van der Waals surface area contributed by atoms with E-state index in [1.807, 2.05) is 0 Å². The van der Waals surface area contributed by atoms with Gasteiger partial charge in [-0.15, -0.1) is 0 Å². The summed E-state index contributed by atoms with van der Waals surface area (Å²) < 4.78 is 130. The van der Waals surface area contributed by atoms with Gasteiger partial charge in [-0.3, -0.25) is 0 Å². The molecule has 0 spiro atoms. The van der Waals surface area contributed by atoms with Crippen molar-refractivity contribution in [2.75, 3.05) is 0 Å². The third-order valence-electron chi connectivity index (χ3n) is 2.92. The van der Waals surface area contributed by atoms with Crippen LogP contribution in [0.15, 0.2) is 28.7 Å². The van der Waals surface area contributed by atoms with Crippen molar-refractivity contribution >= 4 is 41.7 Å². The Labute approximate surface area is 151 Å². The highest BCUT2D eigenvalue weighted by Gasteiger charge is 2.62. The lowest BCUT2D eigenvalue weighted by Gasteiger charge is -2.19. The maximum atomic E-state index is 13.1. The summed E-state index contributed by atoms with van der Waals surface area (Å²) in [6.45, 7) is 0. The van der Waals surface area contributed by atoms with Crippen LogP contribution in [0.3, 0.4) is 0 Å². The van der Waals surface area contributed by atoms with Crippen LogP contribution in [0.4, 0.5) is 30.7 Å². The average Bonchev–Trinajstić information content (AvgIpc) is 2.44. The van der Waals surface area contributed by atoms with Crippen molar-refractivity contribution in [2.24, 2.45) is 0 Å². The normalized spacial score (nSPS) is 14.3. The zero-order valence-corrected chi connectivity index (χ0v) is 15.4. The van der Waals surface area contributed by atoms with Crippen molar-refractivity contribution in [3.63, 3.8) is 0 Å². The number of halogens is 8. The van der Waals surface area contributed by atoms with Crippen LogP contribution in [0.2, 0.25) is 0 Å². The lowest BCUT2D eigenvalue weighted by atomic mass is 10.2. The fourth-order valence-corrected chi connectivity index (χ4v) is 5.36. The third-order valence-corrected chi connectivity index (χ3v) is 8.22. The van der Waals surface area contributed by atoms with Crippen LogP contribution in [0.1, 0.15) is 12.0 Å². The largest absolute Gasteiger partial charge is 0.498 e. The zero-order chi connectivity index (χ0) is 20.6. The molecule has 0 aliphatic rings. The number of benzene rings is 1. The van der Waals surface area contributed by atoms with Crippen molar-refractivity contribution in [1.82, 2.24) is 0 Å². The molecule has 0 atom stereocenters. The van der Waals surface area contributed by atoms with Gasteiger partial charge in [-0.25, -0.2) is 21.2 Å². The molecular weight excluding hydrogens is 485 g/mol. The summed E-state index contributed by atoms with van der Waals surface area (Å²) in [7, 11) is -13.4. The van der Waals surface area contributed by atoms with Crippen molar-refractivity contribution < 1.29 is 47.6 Å². The van der Waals surface area contributed by atoms with Crippen molar-refractivity contribution in [1.29, 1.82) is 0 Å². The van der Waals surface area contributed by atoms with Crippen LogP contribution in [0.5, 0.6) is 0 Å². The summed E-state index contributed by atoms with van der Waals surface area (Å²) in [5.74, 6) is -0.796. The fraction of sp³-hybridized carbons (Fsp3) is 0.333. The molecule has 0 unspecified atom stereocenters. The summed E-state index contributed by atoms with van der Waals surface area (Å²) in [5, 5.41) is 0. The highest BCUT2D eigenvalue weighted by atomic mass is 79.9. The predicted octanol–water partition coefficient (Wildman–Crippen LogP) is 4.19. The van der Waals surface area contributed by atoms with E-state index in [2.05, 4.69) is 15.9 Å². The first-order valence-electron chi connectivity index (χ1n) is 6.23. The number of sulfone groups is 2. The van der Waals surface area contributed by atoms with E-state index in [0.717, 1.165) is 18.2 Å². The van der Waals surface area contributed by atoms with E-state index < -0.39 is 47.5 Å². The van der Waals surface area contributed by atoms with Gasteiger partial charge in [-0.05, 0) is 30.2 Å². The molecular formula is C12H8BrF7O4S2. The molecule has 26 heavy (non-hydrogen) atoms. The molecule has 0 saturated carbocycles. The van der Waals surface area contributed by atoms with Gasteiger partial charge in [-0.2, -0.15) is 26.3 Å². The molecule has 0 aliphatic carbocycles. The summed E-state index contributed by atoms with van der Waals surface area (Å²) in [6, 6.07) is 3.00. The summed E-state index contributed by atoms with van der Waals surface area (Å²) in [5.41, 5.74) is -12.5. The van der Waals surface area contributed by atoms with E-state index in [0.29, 0.717) is 6.08 Å². The smallest absolute Gasteiger partial charge is 0.218 e. The lowest BCUT2D eigenvalue weighted by molar-refractivity contribution is -0.0471. The number of alkyl halides is 6. The van der Waals surface area contributed by atoms with Gasteiger partial charge in [0.05, 0.1) is 0 Å². The van der Waals surface area contributed by atoms with E-state index in [4.69, 9.17) is 0 Å². The van der Waals surface area contributed by atoms with Crippen LogP contribution in [0, 0.1) is 5.82 Å². The second kappa shape index (κ2) is 7.46. The summed E-state index contributed by atoms with van der Waals surface area (Å²) >= 11 is 2.93. The minimum absolute atomic E-state index is 0.0578. The lowest BCUT2D eigenvalue weighted by Crippen LogP contribution is -2.44. The van der Waals surface area contributed by atoms with Crippen molar-refractivity contribution in [3.05, 3.63) is 40.1 Å². The van der Waals surface area contributed by atoms with E-state index >= 15 is 0 Å². The minimum Gasteiger partial charge on any atom is -0.218 e. The van der Waals surface area contributed by atoms with Gasteiger partial charge < -0.3 is 0 Å². The Bertz CT molecular complexity index is 858. The highest BCUT2D eigenvalue weighted by molar-refractivity contribution is 9.10. The monoisotopic (exact) mass is 492 g/mol. The van der Waals surface area contributed by atoms with Gasteiger partial charge in [0, 0.05) is 4.47 Å². The summed E-state index contributed by atoms with van der Waals surface area (Å²) in [4.78, 5) is 0. The quantitative estimate of drug-likeness (QED) is 0.578. The maximum Gasteiger partial charge on any atom is 0.498 e. The van der Waals surface area contributed by atoms with Gasteiger partial charge in [0.2, 0.25) is 0 Å². The molecule has 4 nitrogen and oxygen atoms in total. The molecule has 1 aromatic rings. The molecule has 148 valence electrons. The van der Waals surface area contributed by atoms with Gasteiger partial charge in [0.1, 0.15) is 5.82 Å². The Balaban J connectivity index is 3.37. The molecule has 1 aromatic carbocycles. The molecule has 0 aromatic heterocycles. The Kier molecular flexibility index (Phi) is 6.57. The van der Waals surface area contributed by atoms with Crippen LogP contribution < -0.4 is 0 Å².